The molecule has 1 aliphatic rings. The lowest BCUT2D eigenvalue weighted by Gasteiger charge is -2.21. The molecule has 1 fully saturated rings. The lowest BCUT2D eigenvalue weighted by molar-refractivity contribution is 0.0530. The van der Waals surface area contributed by atoms with Gasteiger partial charge in [0.05, 0.1) is 0 Å². The first-order chi connectivity index (χ1) is 8.88. The number of hydrogen-bond donors (Lipinski definition) is 1. The third-order valence-electron chi connectivity index (χ3n) is 3.33. The number of aryl methyl sites for hydroxylation is 1. The fourth-order valence-electron chi connectivity index (χ4n) is 2.29. The predicted molar refractivity (Wildman–Crippen MR) is 72.7 cm³/mol. The Morgan fingerprint density at radius 1 is 1.39 bits per heavy atom. The molecule has 1 N–H and O–H groups in total. The summed E-state index contributed by atoms with van der Waals surface area (Å²) in [7, 11) is 0. The highest BCUT2D eigenvalue weighted by Crippen LogP contribution is 2.16. The minimum Gasteiger partial charge on any atom is -0.381 e. The molecule has 0 saturated carbocycles. The van der Waals surface area contributed by atoms with Gasteiger partial charge in [-0.05, 0) is 37.2 Å². The zero-order valence-electron chi connectivity index (χ0n) is 11.2. The Bertz CT molecular complexity index is 333. The summed E-state index contributed by atoms with van der Waals surface area (Å²) in [5, 5.41) is 3.28. The van der Waals surface area contributed by atoms with E-state index in [0.717, 1.165) is 45.0 Å². The molecule has 4 heteroatoms. The molecule has 0 bridgehead atoms. The molecule has 1 aromatic heterocycles. The third-order valence-corrected chi connectivity index (χ3v) is 3.33. The van der Waals surface area contributed by atoms with E-state index in [1.54, 1.807) is 0 Å². The summed E-state index contributed by atoms with van der Waals surface area (Å²) in [5.74, 6) is 1.44. The van der Waals surface area contributed by atoms with E-state index >= 15 is 0 Å². The molecule has 100 valence electrons. The maximum absolute atomic E-state index is 5.47. The van der Waals surface area contributed by atoms with Crippen molar-refractivity contribution < 1.29 is 4.74 Å². The number of nitrogens with one attached hydrogen (secondary N) is 1. The van der Waals surface area contributed by atoms with Crippen LogP contribution in [0.3, 0.4) is 0 Å². The number of nitrogens with zero attached hydrogens (tertiary/aromatic N) is 2. The number of aromatic nitrogens is 2. The van der Waals surface area contributed by atoms with Gasteiger partial charge in [0.1, 0.15) is 0 Å². The van der Waals surface area contributed by atoms with E-state index in [9.17, 15) is 0 Å². The number of ether oxygens (including phenoxy) is 1. The maximum Gasteiger partial charge on any atom is 0.222 e. The molecule has 1 aromatic rings. The van der Waals surface area contributed by atoms with Crippen molar-refractivity contribution in [3.63, 3.8) is 0 Å². The van der Waals surface area contributed by atoms with Gasteiger partial charge < -0.3 is 10.1 Å². The fraction of sp³-hybridized carbons (Fsp3) is 0.714. The maximum atomic E-state index is 5.47. The molecule has 0 unspecified atom stereocenters. The van der Waals surface area contributed by atoms with Crippen molar-refractivity contribution >= 4 is 5.95 Å². The van der Waals surface area contributed by atoms with Gasteiger partial charge in [0.25, 0.3) is 0 Å². The predicted octanol–water partition coefficient (Wildman–Crippen LogP) is 2.66. The topological polar surface area (TPSA) is 47.0 Å². The van der Waals surface area contributed by atoms with Crippen molar-refractivity contribution in [2.24, 2.45) is 5.92 Å². The van der Waals surface area contributed by atoms with Gasteiger partial charge in [0.2, 0.25) is 5.95 Å². The van der Waals surface area contributed by atoms with Crippen LogP contribution >= 0.6 is 0 Å². The van der Waals surface area contributed by atoms with E-state index in [0.29, 0.717) is 5.92 Å². The molecule has 0 aliphatic carbocycles. The average molecular weight is 249 g/mol. The molecule has 0 spiro atoms. The Morgan fingerprint density at radius 2 is 2.22 bits per heavy atom. The Labute approximate surface area is 109 Å². The van der Waals surface area contributed by atoms with Crippen LogP contribution in [0.2, 0.25) is 0 Å². The van der Waals surface area contributed by atoms with Gasteiger partial charge in [-0.25, -0.2) is 9.97 Å². The number of anilines is 1. The van der Waals surface area contributed by atoms with Crippen LogP contribution in [0, 0.1) is 5.92 Å². The average Bonchev–Trinajstić information content (AvgIpc) is 2.42. The summed E-state index contributed by atoms with van der Waals surface area (Å²) < 4.78 is 5.47. The monoisotopic (exact) mass is 249 g/mol. The van der Waals surface area contributed by atoms with Gasteiger partial charge in [0, 0.05) is 32.2 Å². The van der Waals surface area contributed by atoms with Crippen molar-refractivity contribution in [2.45, 2.75) is 39.0 Å². The lowest BCUT2D eigenvalue weighted by Crippen LogP contribution is -2.20. The highest BCUT2D eigenvalue weighted by Gasteiger charge is 2.13. The zero-order valence-corrected chi connectivity index (χ0v) is 11.2. The molecular weight excluding hydrogens is 226 g/mol. The molecule has 18 heavy (non-hydrogen) atoms. The second-order valence-corrected chi connectivity index (χ2v) is 4.96. The Kier molecular flexibility index (Phi) is 5.39. The van der Waals surface area contributed by atoms with Crippen LogP contribution in [0.15, 0.2) is 12.4 Å². The second-order valence-electron chi connectivity index (χ2n) is 4.96. The SMILES string of the molecule is CCCc1cnc(NCC[C@H]2CCCOC2)nc1. The highest BCUT2D eigenvalue weighted by atomic mass is 16.5. The molecule has 1 aliphatic heterocycles. The summed E-state index contributed by atoms with van der Waals surface area (Å²) in [4.78, 5) is 8.65. The molecule has 4 nitrogen and oxygen atoms in total. The minimum absolute atomic E-state index is 0.700. The summed E-state index contributed by atoms with van der Waals surface area (Å²) >= 11 is 0. The molecule has 1 atom stereocenters. The van der Waals surface area contributed by atoms with Gasteiger partial charge in [-0.1, -0.05) is 13.3 Å². The zero-order chi connectivity index (χ0) is 12.6. The van der Waals surface area contributed by atoms with Crippen LogP contribution in [-0.4, -0.2) is 29.7 Å². The van der Waals surface area contributed by atoms with Crippen molar-refractivity contribution in [1.82, 2.24) is 9.97 Å². The molecule has 2 heterocycles. The first-order valence-electron chi connectivity index (χ1n) is 7.01. The minimum atomic E-state index is 0.700. The Hall–Kier alpha value is -1.16. The molecule has 0 radical (unpaired) electrons. The molecule has 2 rings (SSSR count). The number of rotatable bonds is 6. The van der Waals surface area contributed by atoms with Crippen molar-refractivity contribution in [3.05, 3.63) is 18.0 Å². The van der Waals surface area contributed by atoms with Crippen LogP contribution in [0.25, 0.3) is 0 Å². The quantitative estimate of drug-likeness (QED) is 0.842. The van der Waals surface area contributed by atoms with Crippen molar-refractivity contribution in [3.8, 4) is 0 Å². The van der Waals surface area contributed by atoms with E-state index in [4.69, 9.17) is 4.74 Å². The lowest BCUT2D eigenvalue weighted by atomic mass is 9.99. The van der Waals surface area contributed by atoms with E-state index in [1.807, 2.05) is 12.4 Å². The van der Waals surface area contributed by atoms with E-state index in [1.165, 1.54) is 18.4 Å². The smallest absolute Gasteiger partial charge is 0.222 e. The first-order valence-corrected chi connectivity index (χ1v) is 7.01. The summed E-state index contributed by atoms with van der Waals surface area (Å²) in [6.45, 7) is 4.95. The molecular formula is C14H23N3O. The van der Waals surface area contributed by atoms with Crippen LogP contribution in [0.4, 0.5) is 5.95 Å². The molecule has 0 aromatic carbocycles. The van der Waals surface area contributed by atoms with Crippen molar-refractivity contribution in [1.29, 1.82) is 0 Å². The van der Waals surface area contributed by atoms with Gasteiger partial charge in [0.15, 0.2) is 0 Å². The van der Waals surface area contributed by atoms with E-state index < -0.39 is 0 Å². The van der Waals surface area contributed by atoms with Crippen LogP contribution in [0.5, 0.6) is 0 Å². The number of hydrogen-bond acceptors (Lipinski definition) is 4. The van der Waals surface area contributed by atoms with Crippen LogP contribution in [0.1, 0.15) is 38.2 Å². The van der Waals surface area contributed by atoms with E-state index in [-0.39, 0.29) is 0 Å². The van der Waals surface area contributed by atoms with Gasteiger partial charge in [-0.2, -0.15) is 0 Å². The Balaban J connectivity index is 1.69. The van der Waals surface area contributed by atoms with Gasteiger partial charge in [-0.15, -0.1) is 0 Å². The molecule has 1 saturated heterocycles. The Morgan fingerprint density at radius 3 is 2.89 bits per heavy atom. The first kappa shape index (κ1) is 13.3. The van der Waals surface area contributed by atoms with Crippen LogP contribution in [-0.2, 0) is 11.2 Å². The third kappa shape index (κ3) is 4.26. The fourth-order valence-corrected chi connectivity index (χ4v) is 2.29. The summed E-state index contributed by atoms with van der Waals surface area (Å²) in [6.07, 6.45) is 9.66. The van der Waals surface area contributed by atoms with Gasteiger partial charge in [-0.3, -0.25) is 0 Å². The van der Waals surface area contributed by atoms with E-state index in [2.05, 4.69) is 22.2 Å². The second kappa shape index (κ2) is 7.31. The summed E-state index contributed by atoms with van der Waals surface area (Å²) in [5.41, 5.74) is 1.21. The highest BCUT2D eigenvalue weighted by molar-refractivity contribution is 5.24. The standard InChI is InChI=1S/C14H23N3O/c1-2-4-13-9-16-14(17-10-13)15-7-6-12-5-3-8-18-11-12/h9-10,12H,2-8,11H2,1H3,(H,15,16,17)/t12-/m1/s1. The van der Waals surface area contributed by atoms with Gasteiger partial charge >= 0.3 is 0 Å². The molecule has 0 amide bonds. The summed E-state index contributed by atoms with van der Waals surface area (Å²) in [6, 6.07) is 0. The van der Waals surface area contributed by atoms with Crippen LogP contribution < -0.4 is 5.32 Å². The largest absolute Gasteiger partial charge is 0.381 e. The normalized spacial score (nSPS) is 19.7. The van der Waals surface area contributed by atoms with Crippen molar-refractivity contribution in [2.75, 3.05) is 25.1 Å².